The summed E-state index contributed by atoms with van der Waals surface area (Å²) in [6.45, 7) is 2.07. The molecular weight excluding hydrogens is 254 g/mol. The summed E-state index contributed by atoms with van der Waals surface area (Å²) in [4.78, 5) is 15.9. The van der Waals surface area contributed by atoms with Crippen molar-refractivity contribution >= 4 is 17.7 Å². The summed E-state index contributed by atoms with van der Waals surface area (Å²) < 4.78 is 0. The van der Waals surface area contributed by atoms with Crippen LogP contribution in [0, 0.1) is 6.92 Å². The van der Waals surface area contributed by atoms with Crippen LogP contribution in [0.1, 0.15) is 15.9 Å². The first-order chi connectivity index (χ1) is 9.08. The van der Waals surface area contributed by atoms with E-state index in [-0.39, 0.29) is 5.91 Å². The molecule has 19 heavy (non-hydrogen) atoms. The third kappa shape index (κ3) is 3.38. The maximum atomic E-state index is 12.1. The molecule has 0 unspecified atom stereocenters. The summed E-state index contributed by atoms with van der Waals surface area (Å²) in [7, 11) is 3.55. The number of benzene rings is 2. The van der Waals surface area contributed by atoms with Gasteiger partial charge in [-0.05, 0) is 31.2 Å². The van der Waals surface area contributed by atoms with Crippen LogP contribution in [0.5, 0.6) is 0 Å². The SMILES string of the molecule is Cc1cccc(Sc2ccccc2C(=O)N(C)C)c1. The first-order valence-electron chi connectivity index (χ1n) is 6.13. The average Bonchev–Trinajstić information content (AvgIpc) is 2.38. The lowest BCUT2D eigenvalue weighted by atomic mass is 10.2. The minimum absolute atomic E-state index is 0.0377. The molecule has 2 aromatic carbocycles. The highest BCUT2D eigenvalue weighted by atomic mass is 32.2. The van der Waals surface area contributed by atoms with E-state index in [0.717, 1.165) is 15.4 Å². The van der Waals surface area contributed by atoms with Crippen molar-refractivity contribution in [2.45, 2.75) is 16.7 Å². The Morgan fingerprint density at radius 2 is 1.79 bits per heavy atom. The highest BCUT2D eigenvalue weighted by Crippen LogP contribution is 2.31. The molecule has 0 bridgehead atoms. The number of carbonyl (C=O) groups excluding carboxylic acids is 1. The molecule has 2 aromatic rings. The standard InChI is InChI=1S/C16H17NOS/c1-12-7-6-8-13(11-12)19-15-10-5-4-9-14(15)16(18)17(2)3/h4-11H,1-3H3. The van der Waals surface area contributed by atoms with Gasteiger partial charge in [0.2, 0.25) is 0 Å². The van der Waals surface area contributed by atoms with E-state index < -0.39 is 0 Å². The summed E-state index contributed by atoms with van der Waals surface area (Å²) >= 11 is 1.63. The smallest absolute Gasteiger partial charge is 0.254 e. The van der Waals surface area contributed by atoms with E-state index in [2.05, 4.69) is 25.1 Å². The van der Waals surface area contributed by atoms with Crippen molar-refractivity contribution in [3.05, 3.63) is 59.7 Å². The van der Waals surface area contributed by atoms with Gasteiger partial charge < -0.3 is 4.90 Å². The lowest BCUT2D eigenvalue weighted by molar-refractivity contribution is 0.0824. The van der Waals surface area contributed by atoms with Crippen LogP contribution >= 0.6 is 11.8 Å². The molecule has 0 radical (unpaired) electrons. The summed E-state index contributed by atoms with van der Waals surface area (Å²) in [5.74, 6) is 0.0377. The number of hydrogen-bond acceptors (Lipinski definition) is 2. The second-order valence-electron chi connectivity index (χ2n) is 4.61. The van der Waals surface area contributed by atoms with Crippen LogP contribution in [0.3, 0.4) is 0 Å². The largest absolute Gasteiger partial charge is 0.345 e. The van der Waals surface area contributed by atoms with Crippen molar-refractivity contribution < 1.29 is 4.79 Å². The molecule has 98 valence electrons. The zero-order valence-corrected chi connectivity index (χ0v) is 12.2. The minimum Gasteiger partial charge on any atom is -0.345 e. The van der Waals surface area contributed by atoms with Crippen LogP contribution in [0.2, 0.25) is 0 Å². The molecule has 2 nitrogen and oxygen atoms in total. The summed E-state index contributed by atoms with van der Waals surface area (Å²) in [6.07, 6.45) is 0. The van der Waals surface area contributed by atoms with Crippen LogP contribution < -0.4 is 0 Å². The van der Waals surface area contributed by atoms with Crippen molar-refractivity contribution in [3.63, 3.8) is 0 Å². The molecule has 0 aromatic heterocycles. The van der Waals surface area contributed by atoms with Crippen molar-refractivity contribution in [2.24, 2.45) is 0 Å². The molecule has 0 spiro atoms. The molecule has 0 heterocycles. The number of amides is 1. The molecule has 0 saturated carbocycles. The molecule has 0 aliphatic heterocycles. The number of carbonyl (C=O) groups is 1. The Bertz CT molecular complexity index is 593. The second kappa shape index (κ2) is 5.93. The summed E-state index contributed by atoms with van der Waals surface area (Å²) in [6, 6.07) is 16.0. The number of hydrogen-bond donors (Lipinski definition) is 0. The van der Waals surface area contributed by atoms with Gasteiger partial charge in [0.1, 0.15) is 0 Å². The maximum Gasteiger partial charge on any atom is 0.254 e. The fraction of sp³-hybridized carbons (Fsp3) is 0.188. The average molecular weight is 271 g/mol. The van der Waals surface area contributed by atoms with Crippen molar-refractivity contribution in [1.82, 2.24) is 4.90 Å². The minimum atomic E-state index is 0.0377. The fourth-order valence-electron chi connectivity index (χ4n) is 1.78. The van der Waals surface area contributed by atoms with Gasteiger partial charge in [0, 0.05) is 23.9 Å². The Balaban J connectivity index is 2.33. The van der Waals surface area contributed by atoms with Crippen molar-refractivity contribution in [1.29, 1.82) is 0 Å². The molecule has 0 N–H and O–H groups in total. The Morgan fingerprint density at radius 1 is 1.05 bits per heavy atom. The predicted octanol–water partition coefficient (Wildman–Crippen LogP) is 3.85. The normalized spacial score (nSPS) is 10.3. The first kappa shape index (κ1) is 13.7. The van der Waals surface area contributed by atoms with E-state index in [1.807, 2.05) is 30.3 Å². The maximum absolute atomic E-state index is 12.1. The van der Waals surface area contributed by atoms with Crippen molar-refractivity contribution in [3.8, 4) is 0 Å². The highest BCUT2D eigenvalue weighted by molar-refractivity contribution is 7.99. The van der Waals surface area contributed by atoms with Gasteiger partial charge in [-0.15, -0.1) is 0 Å². The topological polar surface area (TPSA) is 20.3 Å². The molecule has 0 fully saturated rings. The van der Waals surface area contributed by atoms with Crippen LogP contribution in [-0.4, -0.2) is 24.9 Å². The van der Waals surface area contributed by atoms with Crippen LogP contribution in [-0.2, 0) is 0 Å². The van der Waals surface area contributed by atoms with Gasteiger partial charge >= 0.3 is 0 Å². The molecule has 2 rings (SSSR count). The zero-order valence-electron chi connectivity index (χ0n) is 11.4. The number of nitrogens with zero attached hydrogens (tertiary/aromatic N) is 1. The number of rotatable bonds is 3. The zero-order chi connectivity index (χ0) is 13.8. The van der Waals surface area contributed by atoms with E-state index in [4.69, 9.17) is 0 Å². The third-order valence-electron chi connectivity index (χ3n) is 2.74. The lowest BCUT2D eigenvalue weighted by Crippen LogP contribution is -2.22. The lowest BCUT2D eigenvalue weighted by Gasteiger charge is -2.13. The van der Waals surface area contributed by atoms with Crippen LogP contribution in [0.4, 0.5) is 0 Å². The first-order valence-corrected chi connectivity index (χ1v) is 6.95. The van der Waals surface area contributed by atoms with Crippen LogP contribution in [0.15, 0.2) is 58.3 Å². The summed E-state index contributed by atoms with van der Waals surface area (Å²) in [5, 5.41) is 0. The third-order valence-corrected chi connectivity index (χ3v) is 3.81. The van der Waals surface area contributed by atoms with E-state index in [9.17, 15) is 4.79 Å². The van der Waals surface area contributed by atoms with Gasteiger partial charge in [-0.1, -0.05) is 41.6 Å². The Hall–Kier alpha value is -1.74. The molecule has 0 saturated heterocycles. The molecular formula is C16H17NOS. The van der Waals surface area contributed by atoms with Gasteiger partial charge in [-0.2, -0.15) is 0 Å². The van der Waals surface area contributed by atoms with Gasteiger partial charge in [-0.25, -0.2) is 0 Å². The van der Waals surface area contributed by atoms with E-state index >= 15 is 0 Å². The predicted molar refractivity (Wildman–Crippen MR) is 79.8 cm³/mol. The quantitative estimate of drug-likeness (QED) is 0.845. The number of aryl methyl sites for hydroxylation is 1. The van der Waals surface area contributed by atoms with Gasteiger partial charge in [0.15, 0.2) is 0 Å². The van der Waals surface area contributed by atoms with Gasteiger partial charge in [0.25, 0.3) is 5.91 Å². The monoisotopic (exact) mass is 271 g/mol. The van der Waals surface area contributed by atoms with Crippen molar-refractivity contribution in [2.75, 3.05) is 14.1 Å². The van der Waals surface area contributed by atoms with E-state index in [1.165, 1.54) is 5.56 Å². The van der Waals surface area contributed by atoms with Crippen LogP contribution in [0.25, 0.3) is 0 Å². The highest BCUT2D eigenvalue weighted by Gasteiger charge is 2.13. The Labute approximate surface area is 118 Å². The Kier molecular flexibility index (Phi) is 4.27. The molecule has 0 aliphatic rings. The molecule has 3 heteroatoms. The summed E-state index contributed by atoms with van der Waals surface area (Å²) in [5.41, 5.74) is 1.97. The van der Waals surface area contributed by atoms with E-state index in [0.29, 0.717) is 0 Å². The molecule has 0 atom stereocenters. The van der Waals surface area contributed by atoms with Gasteiger partial charge in [0.05, 0.1) is 5.56 Å². The van der Waals surface area contributed by atoms with Gasteiger partial charge in [-0.3, -0.25) is 4.79 Å². The van der Waals surface area contributed by atoms with E-state index in [1.54, 1.807) is 30.8 Å². The molecule has 0 aliphatic carbocycles. The molecule has 1 amide bonds. The fourth-order valence-corrected chi connectivity index (χ4v) is 2.84. The Morgan fingerprint density at radius 3 is 2.47 bits per heavy atom. The second-order valence-corrected chi connectivity index (χ2v) is 5.73.